The van der Waals surface area contributed by atoms with Crippen LogP contribution in [0.2, 0.25) is 0 Å². The Morgan fingerprint density at radius 3 is 2.75 bits per heavy atom. The van der Waals surface area contributed by atoms with Crippen LogP contribution in [0.4, 0.5) is 4.39 Å². The molecule has 3 heteroatoms. The molecule has 0 fully saturated rings. The SMILES string of the molecule is Cc1ccc(CCc2cnn(C)c2)c(F)c1. The molecule has 0 radical (unpaired) electrons. The molecule has 2 nitrogen and oxygen atoms in total. The normalized spacial score (nSPS) is 10.7. The highest BCUT2D eigenvalue weighted by atomic mass is 19.1. The number of aromatic nitrogens is 2. The molecule has 0 saturated heterocycles. The van der Waals surface area contributed by atoms with Crippen LogP contribution in [-0.2, 0) is 19.9 Å². The molecule has 0 atom stereocenters. The predicted molar refractivity (Wildman–Crippen MR) is 61.8 cm³/mol. The van der Waals surface area contributed by atoms with Crippen LogP contribution < -0.4 is 0 Å². The lowest BCUT2D eigenvalue weighted by Crippen LogP contribution is -1.94. The molecule has 1 aromatic carbocycles. The number of hydrogen-bond acceptors (Lipinski definition) is 1. The molecule has 0 aliphatic carbocycles. The second-order valence-electron chi connectivity index (χ2n) is 4.12. The molecular formula is C13H15FN2. The minimum absolute atomic E-state index is 0.108. The predicted octanol–water partition coefficient (Wildman–Crippen LogP) is 2.65. The number of rotatable bonds is 3. The van der Waals surface area contributed by atoms with E-state index in [2.05, 4.69) is 5.10 Å². The van der Waals surface area contributed by atoms with Gasteiger partial charge < -0.3 is 0 Å². The Kier molecular flexibility index (Phi) is 3.04. The zero-order valence-corrected chi connectivity index (χ0v) is 9.57. The Morgan fingerprint density at radius 1 is 1.31 bits per heavy atom. The first-order chi connectivity index (χ1) is 7.65. The molecule has 0 aliphatic heterocycles. The third kappa shape index (κ3) is 2.48. The number of hydrogen-bond donors (Lipinski definition) is 0. The summed E-state index contributed by atoms with van der Waals surface area (Å²) in [6.45, 7) is 1.90. The fourth-order valence-corrected chi connectivity index (χ4v) is 1.74. The van der Waals surface area contributed by atoms with Crippen LogP contribution >= 0.6 is 0 Å². The summed E-state index contributed by atoms with van der Waals surface area (Å²) in [7, 11) is 1.88. The smallest absolute Gasteiger partial charge is 0.126 e. The van der Waals surface area contributed by atoms with Crippen LogP contribution in [0.5, 0.6) is 0 Å². The van der Waals surface area contributed by atoms with Crippen molar-refractivity contribution in [3.8, 4) is 0 Å². The Hall–Kier alpha value is -1.64. The summed E-state index contributed by atoms with van der Waals surface area (Å²) in [6.07, 6.45) is 5.34. The van der Waals surface area contributed by atoms with Gasteiger partial charge in [0.25, 0.3) is 0 Å². The molecule has 1 aromatic heterocycles. The van der Waals surface area contributed by atoms with Crippen LogP contribution in [0, 0.1) is 12.7 Å². The van der Waals surface area contributed by atoms with Gasteiger partial charge in [0, 0.05) is 13.2 Å². The number of nitrogens with zero attached hydrogens (tertiary/aromatic N) is 2. The first-order valence-electron chi connectivity index (χ1n) is 5.38. The third-order valence-corrected chi connectivity index (χ3v) is 2.65. The van der Waals surface area contributed by atoms with E-state index in [9.17, 15) is 4.39 Å². The van der Waals surface area contributed by atoms with E-state index < -0.39 is 0 Å². The maximum Gasteiger partial charge on any atom is 0.126 e. The van der Waals surface area contributed by atoms with Crippen molar-refractivity contribution < 1.29 is 4.39 Å². The minimum atomic E-state index is -0.108. The van der Waals surface area contributed by atoms with E-state index in [0.29, 0.717) is 0 Å². The summed E-state index contributed by atoms with van der Waals surface area (Å²) in [6, 6.07) is 5.39. The van der Waals surface area contributed by atoms with E-state index in [1.807, 2.05) is 38.5 Å². The molecule has 0 saturated carbocycles. The standard InChI is InChI=1S/C13H15FN2/c1-10-3-5-12(13(14)7-10)6-4-11-8-15-16(2)9-11/h3,5,7-9H,4,6H2,1-2H3. The average Bonchev–Trinajstić information content (AvgIpc) is 2.63. The maximum absolute atomic E-state index is 13.5. The maximum atomic E-state index is 13.5. The highest BCUT2D eigenvalue weighted by Gasteiger charge is 2.03. The Bertz CT molecular complexity index is 488. The van der Waals surface area contributed by atoms with Crippen molar-refractivity contribution in [1.82, 2.24) is 9.78 Å². The Labute approximate surface area is 94.7 Å². The van der Waals surface area contributed by atoms with Gasteiger partial charge in [0.2, 0.25) is 0 Å². The van der Waals surface area contributed by atoms with Gasteiger partial charge in [-0.25, -0.2) is 4.39 Å². The number of aryl methyl sites for hydroxylation is 4. The van der Waals surface area contributed by atoms with Gasteiger partial charge in [-0.2, -0.15) is 5.10 Å². The molecule has 0 bridgehead atoms. The first-order valence-corrected chi connectivity index (χ1v) is 5.38. The summed E-state index contributed by atoms with van der Waals surface area (Å²) < 4.78 is 15.3. The molecular weight excluding hydrogens is 203 g/mol. The third-order valence-electron chi connectivity index (χ3n) is 2.65. The first kappa shape index (κ1) is 10.9. The van der Waals surface area contributed by atoms with E-state index in [1.165, 1.54) is 0 Å². The van der Waals surface area contributed by atoms with Crippen molar-refractivity contribution in [2.45, 2.75) is 19.8 Å². The van der Waals surface area contributed by atoms with Gasteiger partial charge in [-0.05, 0) is 42.5 Å². The number of halogens is 1. The summed E-state index contributed by atoms with van der Waals surface area (Å²) in [5.74, 6) is -0.108. The topological polar surface area (TPSA) is 17.8 Å². The van der Waals surface area contributed by atoms with Crippen molar-refractivity contribution in [2.24, 2.45) is 7.05 Å². The van der Waals surface area contributed by atoms with Crippen LogP contribution in [-0.4, -0.2) is 9.78 Å². The summed E-state index contributed by atoms with van der Waals surface area (Å²) in [5.41, 5.74) is 2.87. The number of benzene rings is 1. The van der Waals surface area contributed by atoms with Crippen LogP contribution in [0.1, 0.15) is 16.7 Å². The second kappa shape index (κ2) is 4.47. The van der Waals surface area contributed by atoms with Gasteiger partial charge >= 0.3 is 0 Å². The summed E-state index contributed by atoms with van der Waals surface area (Å²) in [5, 5.41) is 4.09. The van der Waals surface area contributed by atoms with E-state index in [0.717, 1.165) is 29.5 Å². The van der Waals surface area contributed by atoms with Crippen molar-refractivity contribution >= 4 is 0 Å². The molecule has 84 valence electrons. The fraction of sp³-hybridized carbons (Fsp3) is 0.308. The highest BCUT2D eigenvalue weighted by molar-refractivity contribution is 5.24. The van der Waals surface area contributed by atoms with Crippen molar-refractivity contribution in [3.63, 3.8) is 0 Å². The molecule has 0 spiro atoms. The molecule has 0 amide bonds. The molecule has 16 heavy (non-hydrogen) atoms. The van der Waals surface area contributed by atoms with E-state index in [1.54, 1.807) is 10.7 Å². The van der Waals surface area contributed by atoms with Crippen LogP contribution in [0.3, 0.4) is 0 Å². The largest absolute Gasteiger partial charge is 0.276 e. The van der Waals surface area contributed by atoms with Gasteiger partial charge in [-0.1, -0.05) is 12.1 Å². The Morgan fingerprint density at radius 2 is 2.12 bits per heavy atom. The average molecular weight is 218 g/mol. The monoisotopic (exact) mass is 218 g/mol. The van der Waals surface area contributed by atoms with Gasteiger partial charge in [-0.15, -0.1) is 0 Å². The van der Waals surface area contributed by atoms with Gasteiger partial charge in [0.05, 0.1) is 6.20 Å². The highest BCUT2D eigenvalue weighted by Crippen LogP contribution is 2.12. The molecule has 1 heterocycles. The minimum Gasteiger partial charge on any atom is -0.276 e. The van der Waals surface area contributed by atoms with Crippen molar-refractivity contribution in [3.05, 3.63) is 53.1 Å². The van der Waals surface area contributed by atoms with E-state index in [4.69, 9.17) is 0 Å². The zero-order chi connectivity index (χ0) is 11.5. The molecule has 0 aliphatic rings. The van der Waals surface area contributed by atoms with Crippen LogP contribution in [0.25, 0.3) is 0 Å². The van der Waals surface area contributed by atoms with Gasteiger partial charge in [-0.3, -0.25) is 4.68 Å². The van der Waals surface area contributed by atoms with Crippen molar-refractivity contribution in [1.29, 1.82) is 0 Å². The second-order valence-corrected chi connectivity index (χ2v) is 4.12. The quantitative estimate of drug-likeness (QED) is 0.774. The van der Waals surface area contributed by atoms with E-state index >= 15 is 0 Å². The van der Waals surface area contributed by atoms with Crippen LogP contribution in [0.15, 0.2) is 30.6 Å². The summed E-state index contributed by atoms with van der Waals surface area (Å²) >= 11 is 0. The molecule has 0 unspecified atom stereocenters. The van der Waals surface area contributed by atoms with Gasteiger partial charge in [0.15, 0.2) is 0 Å². The summed E-state index contributed by atoms with van der Waals surface area (Å²) in [4.78, 5) is 0. The molecule has 2 aromatic rings. The lowest BCUT2D eigenvalue weighted by atomic mass is 10.0. The lowest BCUT2D eigenvalue weighted by Gasteiger charge is -2.02. The zero-order valence-electron chi connectivity index (χ0n) is 9.57. The fourth-order valence-electron chi connectivity index (χ4n) is 1.74. The van der Waals surface area contributed by atoms with E-state index in [-0.39, 0.29) is 5.82 Å². The molecule has 2 rings (SSSR count). The van der Waals surface area contributed by atoms with Gasteiger partial charge in [0.1, 0.15) is 5.82 Å². The van der Waals surface area contributed by atoms with Crippen molar-refractivity contribution in [2.75, 3.05) is 0 Å². The lowest BCUT2D eigenvalue weighted by molar-refractivity contribution is 0.607. The Balaban J connectivity index is 2.04. The molecule has 0 N–H and O–H groups in total.